The van der Waals surface area contributed by atoms with Crippen molar-refractivity contribution in [3.8, 4) is 11.3 Å². The lowest BCUT2D eigenvalue weighted by atomic mass is 10.1. The van der Waals surface area contributed by atoms with Crippen molar-refractivity contribution in [2.45, 2.75) is 6.92 Å². The maximum Gasteiger partial charge on any atom is 0.270 e. The number of benzene rings is 2. The van der Waals surface area contributed by atoms with Crippen LogP contribution in [-0.2, 0) is 0 Å². The van der Waals surface area contributed by atoms with Gasteiger partial charge in [-0.3, -0.25) is 20.2 Å². The van der Waals surface area contributed by atoms with Crippen molar-refractivity contribution in [2.24, 2.45) is 0 Å². The number of anilines is 1. The normalized spacial score (nSPS) is 10.6. The second kappa shape index (κ2) is 7.19. The summed E-state index contributed by atoms with van der Waals surface area (Å²) in [6, 6.07) is 9.50. The van der Waals surface area contributed by atoms with Crippen LogP contribution in [-0.4, -0.2) is 15.8 Å². The third kappa shape index (κ3) is 3.71. The summed E-state index contributed by atoms with van der Waals surface area (Å²) in [6.07, 6.45) is 0. The molecule has 0 bridgehead atoms. The highest BCUT2D eigenvalue weighted by molar-refractivity contribution is 7.16. The van der Waals surface area contributed by atoms with Gasteiger partial charge in [-0.25, -0.2) is 9.37 Å². The van der Waals surface area contributed by atoms with E-state index in [0.717, 1.165) is 16.5 Å². The lowest BCUT2D eigenvalue weighted by Gasteiger charge is -2.04. The number of amides is 1. The van der Waals surface area contributed by atoms with Crippen LogP contribution in [0, 0.1) is 22.9 Å². The van der Waals surface area contributed by atoms with Crippen LogP contribution in [0.5, 0.6) is 0 Å². The predicted molar refractivity (Wildman–Crippen MR) is 98.3 cm³/mol. The number of aryl methyl sites for hydroxylation is 1. The van der Waals surface area contributed by atoms with Gasteiger partial charge >= 0.3 is 0 Å². The van der Waals surface area contributed by atoms with E-state index in [1.54, 1.807) is 12.1 Å². The topological polar surface area (TPSA) is 85.1 Å². The number of aromatic nitrogens is 1. The van der Waals surface area contributed by atoms with Gasteiger partial charge in [-0.2, -0.15) is 0 Å². The Morgan fingerprint density at radius 1 is 1.27 bits per heavy atom. The van der Waals surface area contributed by atoms with Crippen molar-refractivity contribution in [3.63, 3.8) is 0 Å². The first-order valence-corrected chi connectivity index (χ1v) is 8.53. The van der Waals surface area contributed by atoms with Gasteiger partial charge in [0.05, 0.1) is 21.2 Å². The summed E-state index contributed by atoms with van der Waals surface area (Å²) in [7, 11) is 0. The molecule has 1 N–H and O–H groups in total. The SMILES string of the molecule is Cc1sc(NC(=O)c2ccc([N+](=O)[O-])cc2Cl)nc1-c1ccc(F)cc1. The van der Waals surface area contributed by atoms with Crippen molar-refractivity contribution < 1.29 is 14.1 Å². The van der Waals surface area contributed by atoms with Crippen LogP contribution in [0.1, 0.15) is 15.2 Å². The second-order valence-corrected chi connectivity index (χ2v) is 6.92. The Bertz CT molecular complexity index is 1000. The van der Waals surface area contributed by atoms with Crippen LogP contribution < -0.4 is 5.32 Å². The zero-order chi connectivity index (χ0) is 18.8. The van der Waals surface area contributed by atoms with E-state index in [-0.39, 0.29) is 22.1 Å². The Labute approximate surface area is 156 Å². The number of carbonyl (C=O) groups excluding carboxylic acids is 1. The van der Waals surface area contributed by atoms with Gasteiger partial charge in [0.1, 0.15) is 5.82 Å². The van der Waals surface area contributed by atoms with Crippen LogP contribution in [0.4, 0.5) is 15.2 Å². The average Bonchev–Trinajstić information content (AvgIpc) is 2.95. The smallest absolute Gasteiger partial charge is 0.270 e. The number of hydrogen-bond donors (Lipinski definition) is 1. The Morgan fingerprint density at radius 3 is 2.58 bits per heavy atom. The van der Waals surface area contributed by atoms with Crippen LogP contribution >= 0.6 is 22.9 Å². The van der Waals surface area contributed by atoms with E-state index in [1.807, 2.05) is 6.92 Å². The Hall–Kier alpha value is -2.84. The van der Waals surface area contributed by atoms with Gasteiger partial charge in [0, 0.05) is 22.6 Å². The van der Waals surface area contributed by atoms with Crippen LogP contribution in [0.2, 0.25) is 5.02 Å². The van der Waals surface area contributed by atoms with E-state index in [2.05, 4.69) is 10.3 Å². The average molecular weight is 392 g/mol. The summed E-state index contributed by atoms with van der Waals surface area (Å²) in [5.74, 6) is -0.868. The zero-order valence-corrected chi connectivity index (χ0v) is 14.9. The van der Waals surface area contributed by atoms with Gasteiger partial charge in [0.25, 0.3) is 11.6 Å². The molecular formula is C17H11ClFN3O3S. The van der Waals surface area contributed by atoms with Crippen molar-refractivity contribution in [3.05, 3.63) is 73.9 Å². The Kier molecular flexibility index (Phi) is 4.97. The van der Waals surface area contributed by atoms with Gasteiger partial charge in [-0.05, 0) is 37.3 Å². The Balaban J connectivity index is 1.83. The number of nitro groups is 1. The van der Waals surface area contributed by atoms with Gasteiger partial charge in [-0.15, -0.1) is 11.3 Å². The Morgan fingerprint density at radius 2 is 1.96 bits per heavy atom. The fraction of sp³-hybridized carbons (Fsp3) is 0.0588. The highest BCUT2D eigenvalue weighted by Gasteiger charge is 2.17. The van der Waals surface area contributed by atoms with Crippen molar-refractivity contribution in [1.82, 2.24) is 4.98 Å². The molecule has 0 aliphatic carbocycles. The second-order valence-electron chi connectivity index (χ2n) is 5.31. The first-order valence-electron chi connectivity index (χ1n) is 7.34. The summed E-state index contributed by atoms with van der Waals surface area (Å²) in [6.45, 7) is 1.84. The molecule has 1 heterocycles. The predicted octanol–water partition coefficient (Wildman–Crippen LogP) is 5.07. The molecule has 132 valence electrons. The van der Waals surface area contributed by atoms with Crippen molar-refractivity contribution in [2.75, 3.05) is 5.32 Å². The van der Waals surface area contributed by atoms with E-state index < -0.39 is 10.8 Å². The van der Waals surface area contributed by atoms with Gasteiger partial charge in [0.15, 0.2) is 5.13 Å². The third-order valence-corrected chi connectivity index (χ3v) is 4.74. The number of rotatable bonds is 4. The number of nitro benzene ring substituents is 1. The quantitative estimate of drug-likeness (QED) is 0.497. The molecule has 0 spiro atoms. The summed E-state index contributed by atoms with van der Waals surface area (Å²) in [5, 5.41) is 13.7. The maximum atomic E-state index is 13.1. The van der Waals surface area contributed by atoms with Crippen molar-refractivity contribution >= 4 is 39.7 Å². The van der Waals surface area contributed by atoms with Gasteiger partial charge in [-0.1, -0.05) is 11.6 Å². The van der Waals surface area contributed by atoms with Crippen LogP contribution in [0.3, 0.4) is 0 Å². The zero-order valence-electron chi connectivity index (χ0n) is 13.3. The van der Waals surface area contributed by atoms with E-state index in [9.17, 15) is 19.3 Å². The molecular weight excluding hydrogens is 381 g/mol. The molecule has 6 nitrogen and oxygen atoms in total. The summed E-state index contributed by atoms with van der Waals surface area (Å²) in [5.41, 5.74) is 1.28. The third-order valence-electron chi connectivity index (χ3n) is 3.54. The number of nitrogens with zero attached hydrogens (tertiary/aromatic N) is 2. The van der Waals surface area contributed by atoms with Gasteiger partial charge < -0.3 is 0 Å². The number of nitrogens with one attached hydrogen (secondary N) is 1. The number of halogens is 2. The molecule has 26 heavy (non-hydrogen) atoms. The molecule has 0 aliphatic heterocycles. The standard InChI is InChI=1S/C17H11ClFN3O3S/c1-9-15(10-2-4-11(19)5-3-10)20-17(26-9)21-16(23)13-7-6-12(22(24)25)8-14(13)18/h2-8H,1H3,(H,20,21,23). The van der Waals surface area contributed by atoms with E-state index >= 15 is 0 Å². The molecule has 0 saturated heterocycles. The first-order chi connectivity index (χ1) is 12.3. The number of carbonyl (C=O) groups is 1. The minimum Gasteiger partial charge on any atom is -0.298 e. The molecule has 0 fully saturated rings. The van der Waals surface area contributed by atoms with E-state index in [4.69, 9.17) is 11.6 Å². The lowest BCUT2D eigenvalue weighted by Crippen LogP contribution is -2.12. The fourth-order valence-electron chi connectivity index (χ4n) is 2.29. The summed E-state index contributed by atoms with van der Waals surface area (Å²) in [4.78, 5) is 27.7. The maximum absolute atomic E-state index is 13.1. The largest absolute Gasteiger partial charge is 0.298 e. The molecule has 1 aromatic heterocycles. The monoisotopic (exact) mass is 391 g/mol. The molecule has 1 amide bonds. The minimum atomic E-state index is -0.591. The molecule has 9 heteroatoms. The van der Waals surface area contributed by atoms with Crippen LogP contribution in [0.25, 0.3) is 11.3 Å². The molecule has 0 aliphatic rings. The van der Waals surface area contributed by atoms with Crippen LogP contribution in [0.15, 0.2) is 42.5 Å². The van der Waals surface area contributed by atoms with Crippen molar-refractivity contribution in [1.29, 1.82) is 0 Å². The molecule has 0 atom stereocenters. The molecule has 0 unspecified atom stereocenters. The molecule has 3 rings (SSSR count). The first kappa shape index (κ1) is 18.0. The summed E-state index contributed by atoms with van der Waals surface area (Å²) >= 11 is 7.23. The summed E-state index contributed by atoms with van der Waals surface area (Å²) < 4.78 is 13.1. The lowest BCUT2D eigenvalue weighted by molar-refractivity contribution is -0.384. The fourth-order valence-corrected chi connectivity index (χ4v) is 3.38. The number of thiazole rings is 1. The molecule has 3 aromatic rings. The highest BCUT2D eigenvalue weighted by atomic mass is 35.5. The van der Waals surface area contributed by atoms with E-state index in [1.165, 1.54) is 35.6 Å². The minimum absolute atomic E-state index is 0.0243. The van der Waals surface area contributed by atoms with E-state index in [0.29, 0.717) is 10.8 Å². The molecule has 0 radical (unpaired) electrons. The molecule has 2 aromatic carbocycles. The number of non-ortho nitro benzene ring substituents is 1. The highest BCUT2D eigenvalue weighted by Crippen LogP contribution is 2.31. The number of hydrogen-bond acceptors (Lipinski definition) is 5. The van der Waals surface area contributed by atoms with Gasteiger partial charge in [0.2, 0.25) is 0 Å². The molecule has 0 saturated carbocycles.